The Morgan fingerprint density at radius 3 is 2.27 bits per heavy atom. The predicted molar refractivity (Wildman–Crippen MR) is 100 cm³/mol. The smallest absolute Gasteiger partial charge is 0.298 e. The summed E-state index contributed by atoms with van der Waals surface area (Å²) < 4.78 is 29.9. The minimum Gasteiger partial charge on any atom is -0.298 e. The third-order valence-corrected chi connectivity index (χ3v) is 6.41. The molecule has 1 aliphatic rings. The fourth-order valence-corrected chi connectivity index (χ4v) is 4.55. The van der Waals surface area contributed by atoms with E-state index in [-0.39, 0.29) is 17.1 Å². The van der Waals surface area contributed by atoms with E-state index in [1.807, 2.05) is 19.1 Å². The zero-order valence-electron chi connectivity index (χ0n) is 15.0. The van der Waals surface area contributed by atoms with Gasteiger partial charge in [-0.1, -0.05) is 29.8 Å². The molecule has 0 unspecified atom stereocenters. The van der Waals surface area contributed by atoms with E-state index < -0.39 is 21.3 Å². The molecule has 0 saturated heterocycles. The van der Waals surface area contributed by atoms with E-state index in [0.29, 0.717) is 18.5 Å². The second-order valence-corrected chi connectivity index (χ2v) is 8.22. The number of rotatable bonds is 2. The van der Waals surface area contributed by atoms with E-state index in [9.17, 15) is 18.0 Å². The molecule has 2 aromatic rings. The quantitative estimate of drug-likeness (QED) is 0.736. The summed E-state index contributed by atoms with van der Waals surface area (Å²) in [5.74, 6) is 0. The maximum Gasteiger partial charge on any atom is 0.330 e. The summed E-state index contributed by atoms with van der Waals surface area (Å²) in [6, 6.07) is 6.50. The Morgan fingerprint density at radius 2 is 1.62 bits per heavy atom. The average molecular weight is 375 g/mol. The molecule has 0 bridgehead atoms. The van der Waals surface area contributed by atoms with Crippen molar-refractivity contribution in [2.24, 2.45) is 14.1 Å². The summed E-state index contributed by atoms with van der Waals surface area (Å²) in [6.07, 6.45) is 4.52. The molecule has 1 aromatic carbocycles. The molecule has 0 atom stereocenters. The minimum absolute atomic E-state index is 0.0412. The number of nitrogens with zero attached hydrogens (tertiary/aromatic N) is 3. The largest absolute Gasteiger partial charge is 0.330 e. The van der Waals surface area contributed by atoms with E-state index in [1.54, 1.807) is 19.2 Å². The Labute approximate surface area is 151 Å². The molecule has 0 aliphatic carbocycles. The van der Waals surface area contributed by atoms with Crippen molar-refractivity contribution in [3.8, 4) is 0 Å². The highest BCUT2D eigenvalue weighted by Crippen LogP contribution is 2.26. The number of fused-ring (bicyclic) bond motifs is 1. The van der Waals surface area contributed by atoms with E-state index in [4.69, 9.17) is 0 Å². The number of hydrogen-bond donors (Lipinski definition) is 0. The van der Waals surface area contributed by atoms with Gasteiger partial charge in [-0.3, -0.25) is 18.2 Å². The summed E-state index contributed by atoms with van der Waals surface area (Å²) in [4.78, 5) is 25.2. The van der Waals surface area contributed by atoms with Gasteiger partial charge in [-0.15, -0.1) is 0 Å². The summed E-state index contributed by atoms with van der Waals surface area (Å²) >= 11 is 0. The van der Waals surface area contributed by atoms with E-state index in [2.05, 4.69) is 0 Å². The first-order chi connectivity index (χ1) is 12.2. The van der Waals surface area contributed by atoms with Crippen molar-refractivity contribution in [3.63, 3.8) is 0 Å². The van der Waals surface area contributed by atoms with Crippen LogP contribution in [0.2, 0.25) is 0 Å². The average Bonchev–Trinajstić information content (AvgIpc) is 2.58. The first-order valence-electron chi connectivity index (χ1n) is 8.28. The Hall–Kier alpha value is -2.61. The number of benzene rings is 1. The van der Waals surface area contributed by atoms with Crippen LogP contribution in [0.15, 0.2) is 50.9 Å². The van der Waals surface area contributed by atoms with Gasteiger partial charge in [-0.05, 0) is 25.5 Å². The monoisotopic (exact) mass is 375 g/mol. The molecule has 2 heterocycles. The van der Waals surface area contributed by atoms with Gasteiger partial charge < -0.3 is 0 Å². The molecule has 0 saturated carbocycles. The highest BCUT2D eigenvalue weighted by Gasteiger charge is 2.31. The molecule has 0 amide bonds. The van der Waals surface area contributed by atoms with Crippen molar-refractivity contribution in [1.82, 2.24) is 9.13 Å². The van der Waals surface area contributed by atoms with E-state index in [0.717, 1.165) is 14.4 Å². The number of anilines is 1. The molecule has 138 valence electrons. The van der Waals surface area contributed by atoms with Crippen molar-refractivity contribution < 1.29 is 8.42 Å². The van der Waals surface area contributed by atoms with Gasteiger partial charge in [-0.25, -0.2) is 13.2 Å². The standard InChI is InChI=1S/C18H21N3O4S/c1-13-8-10-14(11-9-13)26(24,25)21-12-6-4-5-7-15-16(21)17(22)20(3)18(23)19(15)2/h4-5,8-11H,6-7,12H2,1-3H3/b5-4-. The van der Waals surface area contributed by atoms with Gasteiger partial charge in [0.25, 0.3) is 15.6 Å². The highest BCUT2D eigenvalue weighted by atomic mass is 32.2. The molecule has 8 heteroatoms. The minimum atomic E-state index is -3.93. The lowest BCUT2D eigenvalue weighted by atomic mass is 10.2. The summed E-state index contributed by atoms with van der Waals surface area (Å²) in [5, 5.41) is 0. The van der Waals surface area contributed by atoms with Gasteiger partial charge in [0.2, 0.25) is 0 Å². The number of aryl methyl sites for hydroxylation is 1. The molecule has 0 spiro atoms. The number of hydrogen-bond acceptors (Lipinski definition) is 4. The second kappa shape index (κ2) is 6.60. The lowest BCUT2D eigenvalue weighted by Gasteiger charge is -2.27. The van der Waals surface area contributed by atoms with E-state index >= 15 is 0 Å². The van der Waals surface area contributed by atoms with Crippen LogP contribution in [0.25, 0.3) is 0 Å². The van der Waals surface area contributed by atoms with Crippen LogP contribution in [-0.2, 0) is 30.5 Å². The predicted octanol–water partition coefficient (Wildman–Crippen LogP) is 1.09. The van der Waals surface area contributed by atoms with Crippen LogP contribution in [0.3, 0.4) is 0 Å². The molecule has 26 heavy (non-hydrogen) atoms. The fraction of sp³-hybridized carbons (Fsp3) is 0.333. The van der Waals surface area contributed by atoms with Crippen molar-refractivity contribution >= 4 is 15.7 Å². The van der Waals surface area contributed by atoms with Crippen LogP contribution in [0.4, 0.5) is 5.69 Å². The highest BCUT2D eigenvalue weighted by molar-refractivity contribution is 7.92. The van der Waals surface area contributed by atoms with Gasteiger partial charge in [0.1, 0.15) is 5.69 Å². The van der Waals surface area contributed by atoms with Gasteiger partial charge >= 0.3 is 5.69 Å². The zero-order chi connectivity index (χ0) is 19.1. The van der Waals surface area contributed by atoms with Crippen LogP contribution in [0.5, 0.6) is 0 Å². The number of sulfonamides is 1. The summed E-state index contributed by atoms with van der Waals surface area (Å²) in [7, 11) is -1.02. The third-order valence-electron chi connectivity index (χ3n) is 4.59. The maximum absolute atomic E-state index is 13.3. The van der Waals surface area contributed by atoms with Crippen LogP contribution in [0.1, 0.15) is 17.7 Å². The molecule has 3 rings (SSSR count). The SMILES string of the molecule is Cc1ccc(S(=O)(=O)N2CC/C=C\Cc3c2c(=O)n(C)c(=O)n3C)cc1. The van der Waals surface area contributed by atoms with Gasteiger partial charge in [0, 0.05) is 27.1 Å². The third kappa shape index (κ3) is 2.90. The van der Waals surface area contributed by atoms with Crippen LogP contribution < -0.4 is 15.6 Å². The molecular formula is C18H21N3O4S. The van der Waals surface area contributed by atoms with Crippen LogP contribution >= 0.6 is 0 Å². The summed E-state index contributed by atoms with van der Waals surface area (Å²) in [5.41, 5.74) is 0.298. The zero-order valence-corrected chi connectivity index (χ0v) is 15.8. The molecule has 1 aromatic heterocycles. The Morgan fingerprint density at radius 1 is 0.962 bits per heavy atom. The molecule has 7 nitrogen and oxygen atoms in total. The van der Waals surface area contributed by atoms with Crippen molar-refractivity contribution in [3.05, 3.63) is 68.5 Å². The van der Waals surface area contributed by atoms with Crippen molar-refractivity contribution in [1.29, 1.82) is 0 Å². The van der Waals surface area contributed by atoms with Crippen LogP contribution in [-0.4, -0.2) is 24.1 Å². The van der Waals surface area contributed by atoms with Crippen LogP contribution in [0, 0.1) is 6.92 Å². The molecular weight excluding hydrogens is 354 g/mol. The first-order valence-corrected chi connectivity index (χ1v) is 9.72. The second-order valence-electron chi connectivity index (χ2n) is 6.36. The van der Waals surface area contributed by atoms with Gasteiger partial charge in [0.15, 0.2) is 0 Å². The number of aromatic nitrogens is 2. The molecule has 1 aliphatic heterocycles. The Kier molecular flexibility index (Phi) is 4.62. The molecule has 0 radical (unpaired) electrons. The lowest BCUT2D eigenvalue weighted by molar-refractivity contribution is 0.587. The fourth-order valence-electron chi connectivity index (χ4n) is 3.05. The Bertz CT molecular complexity index is 1090. The number of allylic oxidation sites excluding steroid dienone is 1. The van der Waals surface area contributed by atoms with Crippen molar-refractivity contribution in [2.45, 2.75) is 24.7 Å². The van der Waals surface area contributed by atoms with Gasteiger partial charge in [-0.2, -0.15) is 0 Å². The topological polar surface area (TPSA) is 81.4 Å². The first kappa shape index (κ1) is 18.2. The van der Waals surface area contributed by atoms with Crippen molar-refractivity contribution in [2.75, 3.05) is 10.8 Å². The normalized spacial score (nSPS) is 15.9. The van der Waals surface area contributed by atoms with Gasteiger partial charge in [0.05, 0.1) is 10.6 Å². The lowest BCUT2D eigenvalue weighted by Crippen LogP contribution is -2.45. The molecule has 0 N–H and O–H groups in total. The van der Waals surface area contributed by atoms with E-state index in [1.165, 1.54) is 23.7 Å². The maximum atomic E-state index is 13.3. The Balaban J connectivity index is 2.30. The summed E-state index contributed by atoms with van der Waals surface area (Å²) in [6.45, 7) is 2.01. The molecule has 0 fully saturated rings.